The lowest BCUT2D eigenvalue weighted by Crippen LogP contribution is -2.00. The van der Waals surface area contributed by atoms with Crippen LogP contribution in [0.25, 0.3) is 6.08 Å². The summed E-state index contributed by atoms with van der Waals surface area (Å²) in [5.41, 5.74) is 7.09. The number of carbonyl (C=O) groups is 1. The minimum absolute atomic E-state index is 0.0802. The zero-order valence-corrected chi connectivity index (χ0v) is 16.6. The second-order valence-corrected chi connectivity index (χ2v) is 7.16. The first-order valence-electron chi connectivity index (χ1n) is 9.45. The molecule has 0 saturated heterocycles. The van der Waals surface area contributed by atoms with Gasteiger partial charge in [-0.15, -0.1) is 0 Å². The fourth-order valence-electron chi connectivity index (χ4n) is 2.80. The molecule has 0 amide bonds. The van der Waals surface area contributed by atoms with Gasteiger partial charge in [-0.25, -0.2) is 0 Å². The molecule has 0 aromatic heterocycles. The van der Waals surface area contributed by atoms with Gasteiger partial charge in [-0.05, 0) is 44.5 Å². The minimum Gasteiger partial charge on any atom is -0.294 e. The average molecular weight is 364 g/mol. The SMILES string of the molecule is Cc1ccc(C#C/C(=C\c2ccc(C)cc2)CC(=O)c2ccc(C)cc2)cc1. The molecule has 0 bridgehead atoms. The topological polar surface area (TPSA) is 17.1 Å². The molecule has 0 aliphatic heterocycles. The zero-order valence-electron chi connectivity index (χ0n) is 16.6. The molecule has 28 heavy (non-hydrogen) atoms. The summed E-state index contributed by atoms with van der Waals surface area (Å²) in [5, 5.41) is 0. The molecule has 3 rings (SSSR count). The maximum absolute atomic E-state index is 12.8. The zero-order chi connectivity index (χ0) is 19.9. The highest BCUT2D eigenvalue weighted by atomic mass is 16.1. The first-order valence-corrected chi connectivity index (χ1v) is 9.45. The summed E-state index contributed by atoms with van der Waals surface area (Å²) in [6, 6.07) is 24.1. The van der Waals surface area contributed by atoms with Crippen molar-refractivity contribution in [2.45, 2.75) is 27.2 Å². The average Bonchev–Trinajstić information content (AvgIpc) is 2.69. The van der Waals surface area contributed by atoms with Crippen LogP contribution in [0.4, 0.5) is 0 Å². The molecule has 0 N–H and O–H groups in total. The van der Waals surface area contributed by atoms with Gasteiger partial charge in [0.05, 0.1) is 0 Å². The highest BCUT2D eigenvalue weighted by Gasteiger charge is 2.08. The second kappa shape index (κ2) is 9.02. The number of rotatable bonds is 4. The molecule has 0 aliphatic carbocycles. The van der Waals surface area contributed by atoms with Crippen molar-refractivity contribution < 1.29 is 4.79 Å². The maximum atomic E-state index is 12.8. The van der Waals surface area contributed by atoms with Gasteiger partial charge in [-0.1, -0.05) is 89.2 Å². The van der Waals surface area contributed by atoms with E-state index >= 15 is 0 Å². The molecule has 0 heterocycles. The molecule has 0 radical (unpaired) electrons. The van der Waals surface area contributed by atoms with Crippen molar-refractivity contribution in [3.05, 3.63) is 112 Å². The van der Waals surface area contributed by atoms with Gasteiger partial charge in [0.1, 0.15) is 0 Å². The third kappa shape index (κ3) is 5.56. The molecule has 0 saturated carbocycles. The number of Topliss-reactive ketones (excluding diaryl/α,β-unsaturated/α-hetero) is 1. The Morgan fingerprint density at radius 1 is 0.750 bits per heavy atom. The Kier molecular flexibility index (Phi) is 6.25. The van der Waals surface area contributed by atoms with Crippen LogP contribution in [0.1, 0.15) is 44.6 Å². The van der Waals surface area contributed by atoms with E-state index < -0.39 is 0 Å². The highest BCUT2D eigenvalue weighted by molar-refractivity contribution is 5.98. The smallest absolute Gasteiger partial charge is 0.167 e. The third-order valence-corrected chi connectivity index (χ3v) is 4.56. The number of allylic oxidation sites excluding steroid dienone is 1. The van der Waals surface area contributed by atoms with Crippen molar-refractivity contribution in [3.8, 4) is 11.8 Å². The van der Waals surface area contributed by atoms with Crippen LogP contribution in [0.15, 0.2) is 78.4 Å². The number of carbonyl (C=O) groups excluding carboxylic acids is 1. The van der Waals surface area contributed by atoms with E-state index in [1.807, 2.05) is 61.5 Å². The standard InChI is InChI=1S/C27H24O/c1-20-4-10-23(11-5-20)14-15-25(18-24-12-6-21(2)7-13-24)19-27(28)26-16-8-22(3)9-17-26/h4-13,16-18H,19H2,1-3H3/b25-18+. The van der Waals surface area contributed by atoms with Crippen LogP contribution in [0.2, 0.25) is 0 Å². The van der Waals surface area contributed by atoms with Crippen LogP contribution in [0.3, 0.4) is 0 Å². The number of hydrogen-bond donors (Lipinski definition) is 0. The Hall–Kier alpha value is -3.37. The van der Waals surface area contributed by atoms with E-state index in [-0.39, 0.29) is 12.2 Å². The van der Waals surface area contributed by atoms with E-state index in [1.165, 1.54) is 11.1 Å². The molecular weight excluding hydrogens is 340 g/mol. The van der Waals surface area contributed by atoms with E-state index in [4.69, 9.17) is 0 Å². The molecule has 3 aromatic carbocycles. The lowest BCUT2D eigenvalue weighted by molar-refractivity contribution is 0.0994. The van der Waals surface area contributed by atoms with Crippen LogP contribution < -0.4 is 0 Å². The number of ketones is 1. The van der Waals surface area contributed by atoms with Crippen LogP contribution in [-0.2, 0) is 0 Å². The molecule has 0 atom stereocenters. The lowest BCUT2D eigenvalue weighted by Gasteiger charge is -2.03. The van der Waals surface area contributed by atoms with Crippen molar-refractivity contribution in [3.63, 3.8) is 0 Å². The molecule has 0 aliphatic rings. The second-order valence-electron chi connectivity index (χ2n) is 7.16. The maximum Gasteiger partial charge on any atom is 0.167 e. The van der Waals surface area contributed by atoms with E-state index in [1.54, 1.807) is 0 Å². The summed E-state index contributed by atoms with van der Waals surface area (Å²) in [7, 11) is 0. The lowest BCUT2D eigenvalue weighted by atomic mass is 10.00. The Morgan fingerprint density at radius 3 is 1.82 bits per heavy atom. The van der Waals surface area contributed by atoms with E-state index in [0.717, 1.165) is 27.8 Å². The van der Waals surface area contributed by atoms with Crippen LogP contribution >= 0.6 is 0 Å². The van der Waals surface area contributed by atoms with Gasteiger partial charge in [0.2, 0.25) is 0 Å². The van der Waals surface area contributed by atoms with E-state index in [9.17, 15) is 4.79 Å². The largest absolute Gasteiger partial charge is 0.294 e. The number of benzene rings is 3. The van der Waals surface area contributed by atoms with Crippen molar-refractivity contribution >= 4 is 11.9 Å². The summed E-state index contributed by atoms with van der Waals surface area (Å²) in [6.45, 7) is 6.14. The normalized spacial score (nSPS) is 10.9. The molecular formula is C27H24O. The van der Waals surface area contributed by atoms with E-state index in [0.29, 0.717) is 0 Å². The van der Waals surface area contributed by atoms with Crippen molar-refractivity contribution in [1.29, 1.82) is 0 Å². The molecule has 138 valence electrons. The van der Waals surface area contributed by atoms with Gasteiger partial charge in [0.15, 0.2) is 5.78 Å². The highest BCUT2D eigenvalue weighted by Crippen LogP contribution is 2.15. The fourth-order valence-corrected chi connectivity index (χ4v) is 2.80. The predicted molar refractivity (Wildman–Crippen MR) is 117 cm³/mol. The summed E-state index contributed by atoms with van der Waals surface area (Å²) in [5.74, 6) is 6.50. The first-order chi connectivity index (χ1) is 13.5. The Labute approximate surface area is 167 Å². The molecule has 0 unspecified atom stereocenters. The molecule has 1 heteroatoms. The monoisotopic (exact) mass is 364 g/mol. The van der Waals surface area contributed by atoms with E-state index in [2.05, 4.69) is 50.0 Å². The summed E-state index contributed by atoms with van der Waals surface area (Å²) < 4.78 is 0. The molecule has 0 spiro atoms. The molecule has 0 fully saturated rings. The van der Waals surface area contributed by atoms with Crippen LogP contribution in [0, 0.1) is 32.6 Å². The Balaban J connectivity index is 1.89. The van der Waals surface area contributed by atoms with Gasteiger partial charge < -0.3 is 0 Å². The van der Waals surface area contributed by atoms with Gasteiger partial charge in [-0.2, -0.15) is 0 Å². The van der Waals surface area contributed by atoms with Crippen LogP contribution in [0.5, 0.6) is 0 Å². The number of aryl methyl sites for hydroxylation is 3. The predicted octanol–water partition coefficient (Wildman–Crippen LogP) is 6.32. The number of hydrogen-bond acceptors (Lipinski definition) is 1. The van der Waals surface area contributed by atoms with Gasteiger partial charge in [0.25, 0.3) is 0 Å². The van der Waals surface area contributed by atoms with Crippen molar-refractivity contribution in [2.75, 3.05) is 0 Å². The minimum atomic E-state index is 0.0802. The Morgan fingerprint density at radius 2 is 1.25 bits per heavy atom. The summed E-state index contributed by atoms with van der Waals surface area (Å²) in [4.78, 5) is 12.8. The molecule has 1 nitrogen and oxygen atoms in total. The van der Waals surface area contributed by atoms with Crippen LogP contribution in [-0.4, -0.2) is 5.78 Å². The molecule has 3 aromatic rings. The first kappa shape index (κ1) is 19.4. The summed E-state index contributed by atoms with van der Waals surface area (Å²) >= 11 is 0. The Bertz CT molecular complexity index is 1040. The summed E-state index contributed by atoms with van der Waals surface area (Å²) in [6.07, 6.45) is 2.29. The van der Waals surface area contributed by atoms with Gasteiger partial charge in [-0.3, -0.25) is 4.79 Å². The van der Waals surface area contributed by atoms with Crippen molar-refractivity contribution in [2.24, 2.45) is 0 Å². The van der Waals surface area contributed by atoms with Gasteiger partial charge in [0, 0.05) is 23.1 Å². The van der Waals surface area contributed by atoms with Crippen molar-refractivity contribution in [1.82, 2.24) is 0 Å². The fraction of sp³-hybridized carbons (Fsp3) is 0.148. The quantitative estimate of drug-likeness (QED) is 0.391. The third-order valence-electron chi connectivity index (χ3n) is 4.56. The van der Waals surface area contributed by atoms with Gasteiger partial charge >= 0.3 is 0 Å².